The standard InChI is InChI=1S/C11H11N3.C3H6.2C2H6/c1-3-8(4-2)10-11-9(5-6-12-10)13-7-14-11;1-3-2;2*1-2/h3-7H,1H2,2H3,(H,13,14);3H,1H2,2H3;2*1-2H3/b8-4+;;;. The molecule has 2 aromatic rings. The van der Waals surface area contributed by atoms with E-state index in [0.29, 0.717) is 0 Å². The number of rotatable bonds is 2. The fourth-order valence-corrected chi connectivity index (χ4v) is 1.43. The van der Waals surface area contributed by atoms with Crippen LogP contribution in [0.15, 0.2) is 50.0 Å². The molecular formula is C18H29N3. The lowest BCUT2D eigenvalue weighted by atomic mass is 10.1. The van der Waals surface area contributed by atoms with Crippen LogP contribution >= 0.6 is 0 Å². The number of aromatic amines is 1. The number of allylic oxidation sites excluding steroid dienone is 4. The molecule has 0 bridgehead atoms. The summed E-state index contributed by atoms with van der Waals surface area (Å²) in [7, 11) is 0. The Kier molecular flexibility index (Phi) is 14.4. The minimum atomic E-state index is 0.876. The topological polar surface area (TPSA) is 41.6 Å². The molecule has 2 aromatic heterocycles. The van der Waals surface area contributed by atoms with Gasteiger partial charge < -0.3 is 4.98 Å². The molecule has 3 nitrogen and oxygen atoms in total. The maximum absolute atomic E-state index is 4.30. The minimum Gasteiger partial charge on any atom is -0.344 e. The first-order chi connectivity index (χ1) is 10.3. The summed E-state index contributed by atoms with van der Waals surface area (Å²) in [6.07, 6.45) is 8.95. The molecule has 21 heavy (non-hydrogen) atoms. The van der Waals surface area contributed by atoms with Crippen LogP contribution in [0.2, 0.25) is 0 Å². The normalized spacial score (nSPS) is 9.14. The molecule has 2 rings (SSSR count). The summed E-state index contributed by atoms with van der Waals surface area (Å²) in [6.45, 7) is 19.0. The molecule has 0 aliphatic rings. The van der Waals surface area contributed by atoms with Gasteiger partial charge in [0.1, 0.15) is 5.52 Å². The van der Waals surface area contributed by atoms with Gasteiger partial charge in [0, 0.05) is 6.20 Å². The molecule has 0 amide bonds. The van der Waals surface area contributed by atoms with Gasteiger partial charge in [0.05, 0.1) is 17.5 Å². The molecule has 0 saturated carbocycles. The quantitative estimate of drug-likeness (QED) is 0.561. The largest absolute Gasteiger partial charge is 0.344 e. The molecule has 116 valence electrons. The molecule has 0 saturated heterocycles. The van der Waals surface area contributed by atoms with Crippen molar-refractivity contribution < 1.29 is 0 Å². The number of pyridine rings is 1. The van der Waals surface area contributed by atoms with Gasteiger partial charge in [0.25, 0.3) is 0 Å². The number of aromatic nitrogens is 3. The first kappa shape index (κ1) is 21.1. The van der Waals surface area contributed by atoms with Gasteiger partial charge in [-0.2, -0.15) is 0 Å². The van der Waals surface area contributed by atoms with Crippen molar-refractivity contribution in [3.63, 3.8) is 0 Å². The van der Waals surface area contributed by atoms with Gasteiger partial charge in [-0.1, -0.05) is 52.5 Å². The smallest absolute Gasteiger partial charge is 0.114 e. The zero-order chi connectivity index (χ0) is 16.7. The molecular weight excluding hydrogens is 258 g/mol. The van der Waals surface area contributed by atoms with Crippen LogP contribution in [0.5, 0.6) is 0 Å². The Morgan fingerprint density at radius 1 is 1.10 bits per heavy atom. The minimum absolute atomic E-state index is 0.876. The van der Waals surface area contributed by atoms with E-state index in [1.807, 2.05) is 53.7 Å². The SMILES string of the molecule is C=C/C(=C\C)c1nccc2[nH]cnc12.C=CC.CC.CC. The van der Waals surface area contributed by atoms with E-state index in [2.05, 4.69) is 28.1 Å². The van der Waals surface area contributed by atoms with E-state index >= 15 is 0 Å². The van der Waals surface area contributed by atoms with Crippen LogP contribution in [0.3, 0.4) is 0 Å². The van der Waals surface area contributed by atoms with Crippen LogP contribution in [0.4, 0.5) is 0 Å². The number of nitrogens with one attached hydrogen (secondary N) is 1. The van der Waals surface area contributed by atoms with Crippen LogP contribution in [0, 0.1) is 0 Å². The van der Waals surface area contributed by atoms with Gasteiger partial charge in [-0.05, 0) is 25.5 Å². The summed E-state index contributed by atoms with van der Waals surface area (Å²) in [6, 6.07) is 1.90. The number of fused-ring (bicyclic) bond motifs is 1. The van der Waals surface area contributed by atoms with E-state index in [4.69, 9.17) is 0 Å². The van der Waals surface area contributed by atoms with Crippen molar-refractivity contribution in [1.82, 2.24) is 15.0 Å². The van der Waals surface area contributed by atoms with Crippen LogP contribution < -0.4 is 0 Å². The van der Waals surface area contributed by atoms with Gasteiger partial charge in [-0.25, -0.2) is 4.98 Å². The van der Waals surface area contributed by atoms with Crippen LogP contribution in [0.25, 0.3) is 16.6 Å². The summed E-state index contributed by atoms with van der Waals surface area (Å²) in [5.74, 6) is 0. The highest BCUT2D eigenvalue weighted by atomic mass is 14.9. The lowest BCUT2D eigenvalue weighted by Crippen LogP contribution is -1.88. The predicted octanol–water partition coefficient (Wildman–Crippen LogP) is 5.79. The number of imidazole rings is 1. The average Bonchev–Trinajstić information content (AvgIpc) is 3.03. The molecule has 0 radical (unpaired) electrons. The molecule has 0 atom stereocenters. The fourth-order valence-electron chi connectivity index (χ4n) is 1.43. The first-order valence-corrected chi connectivity index (χ1v) is 7.42. The summed E-state index contributed by atoms with van der Waals surface area (Å²) in [5, 5.41) is 0. The van der Waals surface area contributed by atoms with Gasteiger partial charge in [0.2, 0.25) is 0 Å². The maximum atomic E-state index is 4.30. The van der Waals surface area contributed by atoms with Gasteiger partial charge in [0.15, 0.2) is 0 Å². The Balaban J connectivity index is 0. The van der Waals surface area contributed by atoms with E-state index in [1.54, 1.807) is 24.7 Å². The van der Waals surface area contributed by atoms with Crippen molar-refractivity contribution >= 4 is 16.6 Å². The second-order valence-corrected chi connectivity index (χ2v) is 3.31. The van der Waals surface area contributed by atoms with Crippen molar-refractivity contribution in [3.05, 3.63) is 55.7 Å². The molecule has 0 aromatic carbocycles. The Labute approximate surface area is 129 Å². The number of hydrogen-bond donors (Lipinski definition) is 1. The van der Waals surface area contributed by atoms with Crippen molar-refractivity contribution in [2.75, 3.05) is 0 Å². The van der Waals surface area contributed by atoms with E-state index in [9.17, 15) is 0 Å². The molecule has 3 heteroatoms. The maximum Gasteiger partial charge on any atom is 0.114 e. The highest BCUT2D eigenvalue weighted by molar-refractivity contribution is 5.89. The molecule has 0 aliphatic heterocycles. The third-order valence-electron chi connectivity index (χ3n) is 2.14. The van der Waals surface area contributed by atoms with Crippen molar-refractivity contribution in [1.29, 1.82) is 0 Å². The van der Waals surface area contributed by atoms with E-state index in [1.165, 1.54) is 0 Å². The number of hydrogen-bond acceptors (Lipinski definition) is 2. The summed E-state index contributed by atoms with van der Waals surface area (Å²) >= 11 is 0. The Morgan fingerprint density at radius 3 is 2.14 bits per heavy atom. The van der Waals surface area contributed by atoms with Crippen molar-refractivity contribution in [3.8, 4) is 0 Å². The molecule has 2 heterocycles. The lowest BCUT2D eigenvalue weighted by molar-refractivity contribution is 1.29. The molecule has 0 fully saturated rings. The van der Waals surface area contributed by atoms with E-state index < -0.39 is 0 Å². The van der Waals surface area contributed by atoms with E-state index in [0.717, 1.165) is 22.3 Å². The lowest BCUT2D eigenvalue weighted by Gasteiger charge is -2.00. The molecule has 0 spiro atoms. The Morgan fingerprint density at radius 2 is 1.67 bits per heavy atom. The highest BCUT2D eigenvalue weighted by Gasteiger charge is 2.06. The van der Waals surface area contributed by atoms with Crippen LogP contribution in [0.1, 0.15) is 47.2 Å². The monoisotopic (exact) mass is 287 g/mol. The Hall–Kier alpha value is -2.16. The van der Waals surface area contributed by atoms with Crippen molar-refractivity contribution in [2.45, 2.75) is 41.5 Å². The van der Waals surface area contributed by atoms with Crippen LogP contribution in [-0.4, -0.2) is 15.0 Å². The zero-order valence-electron chi connectivity index (χ0n) is 14.3. The van der Waals surface area contributed by atoms with Gasteiger partial charge in [-0.3, -0.25) is 4.98 Å². The summed E-state index contributed by atoms with van der Waals surface area (Å²) in [5.41, 5.74) is 3.76. The average molecular weight is 287 g/mol. The second-order valence-electron chi connectivity index (χ2n) is 3.31. The van der Waals surface area contributed by atoms with Gasteiger partial charge >= 0.3 is 0 Å². The van der Waals surface area contributed by atoms with Crippen molar-refractivity contribution in [2.24, 2.45) is 0 Å². The fraction of sp³-hybridized carbons (Fsp3) is 0.333. The molecule has 0 aliphatic carbocycles. The summed E-state index contributed by atoms with van der Waals surface area (Å²) < 4.78 is 0. The molecule has 0 unspecified atom stereocenters. The highest BCUT2D eigenvalue weighted by Crippen LogP contribution is 2.20. The predicted molar refractivity (Wildman–Crippen MR) is 96.3 cm³/mol. The third-order valence-corrected chi connectivity index (χ3v) is 2.14. The number of H-pyrrole nitrogens is 1. The second kappa shape index (κ2) is 14.3. The Bertz CT molecular complexity index is 536. The number of nitrogens with zero attached hydrogens (tertiary/aromatic N) is 2. The van der Waals surface area contributed by atoms with Crippen LogP contribution in [-0.2, 0) is 0 Å². The van der Waals surface area contributed by atoms with Gasteiger partial charge in [-0.15, -0.1) is 6.58 Å². The third kappa shape index (κ3) is 6.70. The van der Waals surface area contributed by atoms with E-state index in [-0.39, 0.29) is 0 Å². The first-order valence-electron chi connectivity index (χ1n) is 7.42. The molecule has 1 N–H and O–H groups in total. The zero-order valence-corrected chi connectivity index (χ0v) is 14.3. The summed E-state index contributed by atoms with van der Waals surface area (Å²) in [4.78, 5) is 11.6.